The molecule has 0 atom stereocenters. The van der Waals surface area contributed by atoms with Gasteiger partial charge in [-0.15, -0.1) is 0 Å². The average molecular weight is 256 g/mol. The highest BCUT2D eigenvalue weighted by atomic mass is 16.4. The number of benzene rings is 1. The van der Waals surface area contributed by atoms with Crippen molar-refractivity contribution in [3.8, 4) is 5.69 Å². The number of rotatable bonds is 2. The number of hydrogen-bond donors (Lipinski definition) is 1. The summed E-state index contributed by atoms with van der Waals surface area (Å²) in [7, 11) is 0. The molecule has 19 heavy (non-hydrogen) atoms. The maximum absolute atomic E-state index is 11.3. The van der Waals surface area contributed by atoms with E-state index < -0.39 is 5.97 Å². The van der Waals surface area contributed by atoms with Gasteiger partial charge < -0.3 is 5.11 Å². The van der Waals surface area contributed by atoms with Gasteiger partial charge in [0, 0.05) is 11.3 Å². The maximum Gasteiger partial charge on any atom is 0.356 e. The van der Waals surface area contributed by atoms with Gasteiger partial charge in [0.25, 0.3) is 0 Å². The van der Waals surface area contributed by atoms with Crippen molar-refractivity contribution >= 4 is 5.97 Å². The Balaban J connectivity index is 2.16. The summed E-state index contributed by atoms with van der Waals surface area (Å²) in [5.41, 5.74) is 4.32. The third kappa shape index (κ3) is 2.03. The lowest BCUT2D eigenvalue weighted by atomic mass is 9.95. The molecule has 0 unspecified atom stereocenters. The summed E-state index contributed by atoms with van der Waals surface area (Å²) < 4.78 is 1.80. The van der Waals surface area contributed by atoms with Crippen LogP contribution in [0.3, 0.4) is 0 Å². The Morgan fingerprint density at radius 2 is 1.89 bits per heavy atom. The van der Waals surface area contributed by atoms with Gasteiger partial charge in [0.2, 0.25) is 0 Å². The van der Waals surface area contributed by atoms with E-state index in [9.17, 15) is 9.90 Å². The van der Waals surface area contributed by atoms with Crippen LogP contribution in [0, 0.1) is 6.92 Å². The van der Waals surface area contributed by atoms with Crippen molar-refractivity contribution in [2.45, 2.75) is 32.6 Å². The summed E-state index contributed by atoms with van der Waals surface area (Å²) in [6.07, 6.45) is 3.88. The number of carboxylic acids is 1. The summed E-state index contributed by atoms with van der Waals surface area (Å²) in [4.78, 5) is 11.3. The first-order valence-electron chi connectivity index (χ1n) is 6.58. The number of aromatic nitrogens is 2. The number of hydrogen-bond acceptors (Lipinski definition) is 2. The largest absolute Gasteiger partial charge is 0.476 e. The van der Waals surface area contributed by atoms with E-state index in [4.69, 9.17) is 0 Å². The lowest BCUT2D eigenvalue weighted by Gasteiger charge is -2.14. The molecule has 1 aliphatic carbocycles. The van der Waals surface area contributed by atoms with Gasteiger partial charge in [0.05, 0.1) is 5.69 Å². The van der Waals surface area contributed by atoms with Crippen LogP contribution >= 0.6 is 0 Å². The minimum atomic E-state index is -0.927. The van der Waals surface area contributed by atoms with Crippen molar-refractivity contribution in [3.05, 3.63) is 46.8 Å². The first-order chi connectivity index (χ1) is 9.16. The third-order valence-corrected chi connectivity index (χ3v) is 3.66. The molecular weight excluding hydrogens is 240 g/mol. The zero-order valence-corrected chi connectivity index (χ0v) is 10.9. The number of carboxylic acid groups (broad SMARTS) is 1. The van der Waals surface area contributed by atoms with Crippen LogP contribution in [0.25, 0.3) is 5.69 Å². The standard InChI is InChI=1S/C15H16N2O2/c1-10-6-8-11(9-7-10)17-13-5-3-2-4-12(13)14(16-17)15(18)19/h6-9H,2-5H2,1H3,(H,18,19). The number of nitrogens with zero attached hydrogens (tertiary/aromatic N) is 2. The molecule has 0 saturated heterocycles. The lowest BCUT2D eigenvalue weighted by molar-refractivity contribution is 0.0688. The molecule has 1 aliphatic rings. The van der Waals surface area contributed by atoms with Crippen molar-refractivity contribution < 1.29 is 9.90 Å². The van der Waals surface area contributed by atoms with Crippen LogP contribution in [0.5, 0.6) is 0 Å². The van der Waals surface area contributed by atoms with Gasteiger partial charge in [-0.25, -0.2) is 9.48 Å². The number of carbonyl (C=O) groups is 1. The third-order valence-electron chi connectivity index (χ3n) is 3.66. The molecule has 0 radical (unpaired) electrons. The van der Waals surface area contributed by atoms with Crippen molar-refractivity contribution in [2.24, 2.45) is 0 Å². The van der Waals surface area contributed by atoms with Crippen LogP contribution < -0.4 is 0 Å². The topological polar surface area (TPSA) is 55.1 Å². The SMILES string of the molecule is Cc1ccc(-n2nc(C(=O)O)c3c2CCCC3)cc1. The fourth-order valence-electron chi connectivity index (χ4n) is 2.67. The van der Waals surface area contributed by atoms with Gasteiger partial charge in [0.15, 0.2) is 5.69 Å². The van der Waals surface area contributed by atoms with Crippen LogP contribution in [0.15, 0.2) is 24.3 Å². The molecule has 1 N–H and O–H groups in total. The van der Waals surface area contributed by atoms with E-state index in [0.717, 1.165) is 42.6 Å². The van der Waals surface area contributed by atoms with Crippen molar-refractivity contribution in [3.63, 3.8) is 0 Å². The second-order valence-corrected chi connectivity index (χ2v) is 5.03. The van der Waals surface area contributed by atoms with E-state index in [2.05, 4.69) is 5.10 Å². The molecule has 1 heterocycles. The molecule has 0 aliphatic heterocycles. The second kappa shape index (κ2) is 4.53. The van der Waals surface area contributed by atoms with Gasteiger partial charge in [0.1, 0.15) is 0 Å². The van der Waals surface area contributed by atoms with E-state index in [1.54, 1.807) is 4.68 Å². The fourth-order valence-corrected chi connectivity index (χ4v) is 2.67. The predicted molar refractivity (Wildman–Crippen MR) is 71.9 cm³/mol. The first-order valence-corrected chi connectivity index (χ1v) is 6.58. The molecule has 98 valence electrons. The molecule has 0 fully saturated rings. The summed E-state index contributed by atoms with van der Waals surface area (Å²) >= 11 is 0. The Kier molecular flexibility index (Phi) is 2.85. The summed E-state index contributed by atoms with van der Waals surface area (Å²) in [5, 5.41) is 13.6. The molecule has 1 aromatic heterocycles. The summed E-state index contributed by atoms with van der Waals surface area (Å²) in [6.45, 7) is 2.03. The molecular formula is C15H16N2O2. The van der Waals surface area contributed by atoms with Crippen LogP contribution in [-0.4, -0.2) is 20.9 Å². The predicted octanol–water partition coefficient (Wildman–Crippen LogP) is 2.76. The normalized spacial score (nSPS) is 14.2. The quantitative estimate of drug-likeness (QED) is 0.898. The minimum Gasteiger partial charge on any atom is -0.476 e. The van der Waals surface area contributed by atoms with Gasteiger partial charge in [-0.1, -0.05) is 17.7 Å². The van der Waals surface area contributed by atoms with Crippen LogP contribution in [0.2, 0.25) is 0 Å². The molecule has 4 nitrogen and oxygen atoms in total. The van der Waals surface area contributed by atoms with Crippen LogP contribution in [-0.2, 0) is 12.8 Å². The molecule has 0 spiro atoms. The Bertz CT molecular complexity index is 626. The van der Waals surface area contributed by atoms with Gasteiger partial charge in [-0.3, -0.25) is 0 Å². The number of aryl methyl sites for hydroxylation is 1. The van der Waals surface area contributed by atoms with Crippen molar-refractivity contribution in [1.29, 1.82) is 0 Å². The van der Waals surface area contributed by atoms with Crippen LogP contribution in [0.4, 0.5) is 0 Å². The zero-order valence-electron chi connectivity index (χ0n) is 10.9. The van der Waals surface area contributed by atoms with Crippen molar-refractivity contribution in [2.75, 3.05) is 0 Å². The van der Waals surface area contributed by atoms with E-state index in [-0.39, 0.29) is 5.69 Å². The smallest absolute Gasteiger partial charge is 0.356 e. The highest BCUT2D eigenvalue weighted by molar-refractivity contribution is 5.87. The maximum atomic E-state index is 11.3. The Morgan fingerprint density at radius 1 is 1.21 bits per heavy atom. The van der Waals surface area contributed by atoms with E-state index in [1.807, 2.05) is 31.2 Å². The minimum absolute atomic E-state index is 0.218. The molecule has 1 aromatic carbocycles. The van der Waals surface area contributed by atoms with Crippen molar-refractivity contribution in [1.82, 2.24) is 9.78 Å². The number of fused-ring (bicyclic) bond motifs is 1. The van der Waals surface area contributed by atoms with Gasteiger partial charge >= 0.3 is 5.97 Å². The highest BCUT2D eigenvalue weighted by Crippen LogP contribution is 2.27. The molecule has 3 rings (SSSR count). The Hall–Kier alpha value is -2.10. The molecule has 0 amide bonds. The molecule has 0 saturated carbocycles. The monoisotopic (exact) mass is 256 g/mol. The van der Waals surface area contributed by atoms with E-state index >= 15 is 0 Å². The van der Waals surface area contributed by atoms with Gasteiger partial charge in [-0.05, 0) is 44.7 Å². The van der Waals surface area contributed by atoms with E-state index in [0.29, 0.717) is 0 Å². The van der Waals surface area contributed by atoms with Crippen LogP contribution in [0.1, 0.15) is 40.2 Å². The molecule has 4 heteroatoms. The average Bonchev–Trinajstić information content (AvgIpc) is 2.79. The lowest BCUT2D eigenvalue weighted by Crippen LogP contribution is -2.08. The molecule has 2 aromatic rings. The van der Waals surface area contributed by atoms with E-state index in [1.165, 1.54) is 5.56 Å². The first kappa shape index (κ1) is 12.0. The highest BCUT2D eigenvalue weighted by Gasteiger charge is 2.24. The fraction of sp³-hybridized carbons (Fsp3) is 0.333. The molecule has 0 bridgehead atoms. The Labute approximate surface area is 111 Å². The Morgan fingerprint density at radius 3 is 2.58 bits per heavy atom. The zero-order chi connectivity index (χ0) is 13.4. The second-order valence-electron chi connectivity index (χ2n) is 5.03. The van der Waals surface area contributed by atoms with Gasteiger partial charge in [-0.2, -0.15) is 5.10 Å². The summed E-state index contributed by atoms with van der Waals surface area (Å²) in [5.74, 6) is -0.927. The number of aromatic carboxylic acids is 1. The summed E-state index contributed by atoms with van der Waals surface area (Å²) in [6, 6.07) is 8.02.